The molecule has 0 rings (SSSR count). The van der Waals surface area contributed by atoms with Gasteiger partial charge >= 0.3 is 0 Å². The lowest BCUT2D eigenvalue weighted by Crippen LogP contribution is -2.55. The SMILES string of the molecule is CNC(=O)C(C)(C)NC(=O)/C(CCCN)=N/C(C)=O. The smallest absolute Gasteiger partial charge is 0.266 e. The first-order valence-electron chi connectivity index (χ1n) is 6.07. The standard InChI is InChI=1S/C12H22N4O3/c1-8(17)15-9(6-5-7-13)10(18)16-12(2,3)11(19)14-4/h5-7,13H2,1-4H3,(H,14,19)(H,16,18)/b15-9+. The molecule has 0 aromatic rings. The summed E-state index contributed by atoms with van der Waals surface area (Å²) in [5, 5.41) is 5.00. The Bertz CT molecular complexity index is 388. The molecule has 0 aliphatic heterocycles. The highest BCUT2D eigenvalue weighted by Crippen LogP contribution is 2.03. The number of carbonyl (C=O) groups is 3. The zero-order valence-corrected chi connectivity index (χ0v) is 11.9. The van der Waals surface area contributed by atoms with Crippen molar-refractivity contribution in [3.63, 3.8) is 0 Å². The molecule has 0 saturated carbocycles. The van der Waals surface area contributed by atoms with Gasteiger partial charge in [-0.3, -0.25) is 14.4 Å². The summed E-state index contributed by atoms with van der Waals surface area (Å²) in [6.07, 6.45) is 0.839. The molecule has 19 heavy (non-hydrogen) atoms. The number of hydrogen-bond donors (Lipinski definition) is 3. The van der Waals surface area contributed by atoms with Crippen molar-refractivity contribution in [2.45, 2.75) is 39.2 Å². The fraction of sp³-hybridized carbons (Fsp3) is 0.667. The first-order chi connectivity index (χ1) is 8.74. The van der Waals surface area contributed by atoms with E-state index in [0.29, 0.717) is 19.4 Å². The van der Waals surface area contributed by atoms with Crippen LogP contribution in [0.15, 0.2) is 4.99 Å². The molecule has 0 bridgehead atoms. The van der Waals surface area contributed by atoms with Crippen LogP contribution in [0.25, 0.3) is 0 Å². The molecular formula is C12H22N4O3. The summed E-state index contributed by atoms with van der Waals surface area (Å²) >= 11 is 0. The normalized spacial score (nSPS) is 11.9. The third-order valence-electron chi connectivity index (χ3n) is 2.39. The second-order valence-corrected chi connectivity index (χ2v) is 4.63. The number of carbonyl (C=O) groups excluding carboxylic acids is 3. The fourth-order valence-electron chi connectivity index (χ4n) is 1.41. The molecule has 3 amide bonds. The van der Waals surface area contributed by atoms with Gasteiger partial charge < -0.3 is 16.4 Å². The third kappa shape index (κ3) is 6.10. The maximum Gasteiger partial charge on any atom is 0.266 e. The van der Waals surface area contributed by atoms with Crippen molar-refractivity contribution < 1.29 is 14.4 Å². The van der Waals surface area contributed by atoms with E-state index in [9.17, 15) is 14.4 Å². The summed E-state index contributed by atoms with van der Waals surface area (Å²) in [6, 6.07) is 0. The minimum absolute atomic E-state index is 0.0925. The Balaban J connectivity index is 4.92. The molecule has 0 heterocycles. The number of nitrogens with one attached hydrogen (secondary N) is 2. The van der Waals surface area contributed by atoms with Crippen LogP contribution in [-0.2, 0) is 14.4 Å². The first kappa shape index (κ1) is 17.2. The van der Waals surface area contributed by atoms with E-state index in [1.165, 1.54) is 14.0 Å². The largest absolute Gasteiger partial charge is 0.357 e. The summed E-state index contributed by atoms with van der Waals surface area (Å²) in [5.41, 5.74) is 4.38. The summed E-state index contributed by atoms with van der Waals surface area (Å²) in [4.78, 5) is 38.2. The average molecular weight is 270 g/mol. The number of hydrogen-bond acceptors (Lipinski definition) is 4. The minimum Gasteiger partial charge on any atom is -0.357 e. The van der Waals surface area contributed by atoms with Crippen molar-refractivity contribution in [1.29, 1.82) is 0 Å². The van der Waals surface area contributed by atoms with Gasteiger partial charge in [-0.15, -0.1) is 0 Å². The van der Waals surface area contributed by atoms with E-state index >= 15 is 0 Å². The van der Waals surface area contributed by atoms with Crippen molar-refractivity contribution in [3.05, 3.63) is 0 Å². The summed E-state index contributed by atoms with van der Waals surface area (Å²) in [5.74, 6) is -1.32. The summed E-state index contributed by atoms with van der Waals surface area (Å²) in [6.45, 7) is 4.79. The highest BCUT2D eigenvalue weighted by Gasteiger charge is 2.29. The van der Waals surface area contributed by atoms with Crippen LogP contribution in [0.4, 0.5) is 0 Å². The molecular weight excluding hydrogens is 248 g/mol. The molecule has 0 saturated heterocycles. The van der Waals surface area contributed by atoms with Gasteiger partial charge in [0.05, 0.1) is 0 Å². The van der Waals surface area contributed by atoms with Crippen LogP contribution in [0, 0.1) is 0 Å². The number of aliphatic imine (C=N–C) groups is 1. The molecule has 0 aliphatic carbocycles. The van der Waals surface area contributed by atoms with E-state index in [2.05, 4.69) is 15.6 Å². The number of likely N-dealkylation sites (N-methyl/N-ethyl adjacent to an activating group) is 1. The molecule has 108 valence electrons. The summed E-state index contributed by atoms with van der Waals surface area (Å²) < 4.78 is 0. The maximum atomic E-state index is 12.0. The molecule has 0 spiro atoms. The van der Waals surface area contributed by atoms with Crippen LogP contribution in [0.1, 0.15) is 33.6 Å². The lowest BCUT2D eigenvalue weighted by atomic mass is 10.0. The molecule has 0 aromatic carbocycles. The molecule has 7 nitrogen and oxygen atoms in total. The van der Waals surface area contributed by atoms with Gasteiger partial charge in [0.25, 0.3) is 5.91 Å². The summed E-state index contributed by atoms with van der Waals surface area (Å²) in [7, 11) is 1.48. The second kappa shape index (κ2) is 7.63. The Morgan fingerprint density at radius 3 is 2.26 bits per heavy atom. The van der Waals surface area contributed by atoms with Gasteiger partial charge in [-0.05, 0) is 33.2 Å². The zero-order valence-electron chi connectivity index (χ0n) is 11.9. The van der Waals surface area contributed by atoms with Gasteiger partial charge in [-0.2, -0.15) is 0 Å². The van der Waals surface area contributed by atoms with Gasteiger partial charge in [-0.1, -0.05) is 0 Å². The lowest BCUT2D eigenvalue weighted by molar-refractivity contribution is -0.129. The van der Waals surface area contributed by atoms with E-state index in [0.717, 1.165) is 0 Å². The number of nitrogens with two attached hydrogens (primary N) is 1. The topological polar surface area (TPSA) is 114 Å². The highest BCUT2D eigenvalue weighted by atomic mass is 16.2. The number of amides is 3. The fourth-order valence-corrected chi connectivity index (χ4v) is 1.41. The molecule has 0 unspecified atom stereocenters. The lowest BCUT2D eigenvalue weighted by Gasteiger charge is -2.24. The van der Waals surface area contributed by atoms with Crippen LogP contribution < -0.4 is 16.4 Å². The minimum atomic E-state index is -1.08. The first-order valence-corrected chi connectivity index (χ1v) is 6.07. The van der Waals surface area contributed by atoms with E-state index in [1.807, 2.05) is 0 Å². The van der Waals surface area contributed by atoms with E-state index < -0.39 is 17.4 Å². The van der Waals surface area contributed by atoms with Gasteiger partial charge in [0.1, 0.15) is 11.3 Å². The molecule has 0 radical (unpaired) electrons. The molecule has 0 aliphatic rings. The van der Waals surface area contributed by atoms with Crippen molar-refractivity contribution in [2.75, 3.05) is 13.6 Å². The number of rotatable bonds is 6. The van der Waals surface area contributed by atoms with Crippen LogP contribution in [0.3, 0.4) is 0 Å². The van der Waals surface area contributed by atoms with Crippen LogP contribution in [-0.4, -0.2) is 42.6 Å². The Morgan fingerprint density at radius 2 is 1.84 bits per heavy atom. The van der Waals surface area contributed by atoms with Gasteiger partial charge in [0, 0.05) is 14.0 Å². The maximum absolute atomic E-state index is 12.0. The van der Waals surface area contributed by atoms with E-state index in [4.69, 9.17) is 5.73 Å². The Kier molecular flexibility index (Phi) is 6.92. The zero-order chi connectivity index (χ0) is 15.1. The molecule has 0 fully saturated rings. The van der Waals surface area contributed by atoms with Crippen LogP contribution in [0.5, 0.6) is 0 Å². The molecule has 7 heteroatoms. The monoisotopic (exact) mass is 270 g/mol. The molecule has 0 aromatic heterocycles. The Morgan fingerprint density at radius 1 is 1.26 bits per heavy atom. The van der Waals surface area contributed by atoms with Gasteiger partial charge in [0.15, 0.2) is 0 Å². The molecule has 0 atom stereocenters. The van der Waals surface area contributed by atoms with Crippen LogP contribution >= 0.6 is 0 Å². The van der Waals surface area contributed by atoms with Gasteiger partial charge in [-0.25, -0.2) is 4.99 Å². The van der Waals surface area contributed by atoms with E-state index in [1.54, 1.807) is 13.8 Å². The van der Waals surface area contributed by atoms with Crippen molar-refractivity contribution >= 4 is 23.4 Å². The number of nitrogens with zero attached hydrogens (tertiary/aromatic N) is 1. The van der Waals surface area contributed by atoms with Gasteiger partial charge in [0.2, 0.25) is 11.8 Å². The molecule has 4 N–H and O–H groups in total. The quantitative estimate of drug-likeness (QED) is 0.557. The third-order valence-corrected chi connectivity index (χ3v) is 2.39. The van der Waals surface area contributed by atoms with Crippen molar-refractivity contribution in [2.24, 2.45) is 10.7 Å². The second-order valence-electron chi connectivity index (χ2n) is 4.63. The Hall–Kier alpha value is -1.76. The highest BCUT2D eigenvalue weighted by molar-refractivity contribution is 6.40. The van der Waals surface area contributed by atoms with Crippen molar-refractivity contribution in [3.8, 4) is 0 Å². The Labute approximate surface area is 113 Å². The van der Waals surface area contributed by atoms with E-state index in [-0.39, 0.29) is 11.6 Å². The predicted molar refractivity (Wildman–Crippen MR) is 72.7 cm³/mol. The van der Waals surface area contributed by atoms with Crippen molar-refractivity contribution in [1.82, 2.24) is 10.6 Å². The average Bonchev–Trinajstić information content (AvgIpc) is 2.32. The predicted octanol–water partition coefficient (Wildman–Crippen LogP) is -0.646. The van der Waals surface area contributed by atoms with Crippen LogP contribution in [0.2, 0.25) is 0 Å².